The van der Waals surface area contributed by atoms with Crippen LogP contribution < -0.4 is 14.8 Å². The number of aryl methyl sites for hydroxylation is 1. The summed E-state index contributed by atoms with van der Waals surface area (Å²) in [5.41, 5.74) is 3.45. The zero-order chi connectivity index (χ0) is 17.6. The highest BCUT2D eigenvalue weighted by molar-refractivity contribution is 5.92. The van der Waals surface area contributed by atoms with Crippen LogP contribution in [0, 0.1) is 0 Å². The van der Waals surface area contributed by atoms with E-state index in [-0.39, 0.29) is 11.9 Å². The highest BCUT2D eigenvalue weighted by atomic mass is 16.5. The molecule has 0 fully saturated rings. The predicted molar refractivity (Wildman–Crippen MR) is 98.8 cm³/mol. The highest BCUT2D eigenvalue weighted by Gasteiger charge is 2.22. The fourth-order valence-electron chi connectivity index (χ4n) is 3.16. The van der Waals surface area contributed by atoms with Gasteiger partial charge in [0, 0.05) is 6.08 Å². The maximum absolute atomic E-state index is 12.3. The number of rotatable bonds is 6. The van der Waals surface area contributed by atoms with Crippen molar-refractivity contribution >= 4 is 12.0 Å². The number of carbonyl (C=O) groups excluding carboxylic acids is 1. The van der Waals surface area contributed by atoms with Crippen molar-refractivity contribution in [3.05, 3.63) is 65.2 Å². The van der Waals surface area contributed by atoms with E-state index in [2.05, 4.69) is 17.4 Å². The average molecular weight is 337 g/mol. The van der Waals surface area contributed by atoms with E-state index in [9.17, 15) is 4.79 Å². The summed E-state index contributed by atoms with van der Waals surface area (Å²) in [6.45, 7) is 2.51. The molecule has 1 atom stereocenters. The molecule has 0 aliphatic heterocycles. The molecule has 1 unspecified atom stereocenters. The van der Waals surface area contributed by atoms with Gasteiger partial charge < -0.3 is 14.8 Å². The maximum Gasteiger partial charge on any atom is 0.244 e. The molecular weight excluding hydrogens is 314 g/mol. The van der Waals surface area contributed by atoms with Crippen molar-refractivity contribution in [3.8, 4) is 11.5 Å². The van der Waals surface area contributed by atoms with Gasteiger partial charge in [0.25, 0.3) is 0 Å². The molecule has 2 aromatic carbocycles. The second-order valence-corrected chi connectivity index (χ2v) is 5.98. The molecule has 0 spiro atoms. The van der Waals surface area contributed by atoms with Crippen LogP contribution in [0.25, 0.3) is 6.08 Å². The summed E-state index contributed by atoms with van der Waals surface area (Å²) >= 11 is 0. The minimum atomic E-state index is -0.0884. The van der Waals surface area contributed by atoms with Gasteiger partial charge in [-0.3, -0.25) is 4.79 Å². The van der Waals surface area contributed by atoms with Crippen LogP contribution in [0.3, 0.4) is 0 Å². The summed E-state index contributed by atoms with van der Waals surface area (Å²) < 4.78 is 10.8. The molecule has 1 N–H and O–H groups in total. The summed E-state index contributed by atoms with van der Waals surface area (Å²) in [6, 6.07) is 14.0. The minimum Gasteiger partial charge on any atom is -0.493 e. The molecule has 130 valence electrons. The number of hydrogen-bond donors (Lipinski definition) is 1. The topological polar surface area (TPSA) is 47.6 Å². The molecule has 0 heterocycles. The Labute approximate surface area is 148 Å². The van der Waals surface area contributed by atoms with Crippen molar-refractivity contribution in [3.63, 3.8) is 0 Å². The Morgan fingerprint density at radius 1 is 1.24 bits per heavy atom. The first kappa shape index (κ1) is 17.1. The number of fused-ring (bicyclic) bond motifs is 1. The van der Waals surface area contributed by atoms with Gasteiger partial charge in [-0.2, -0.15) is 0 Å². The van der Waals surface area contributed by atoms with Crippen molar-refractivity contribution in [2.45, 2.75) is 25.8 Å². The third-order valence-corrected chi connectivity index (χ3v) is 4.36. The molecule has 1 amide bonds. The molecule has 0 saturated heterocycles. The van der Waals surface area contributed by atoms with Gasteiger partial charge in [-0.25, -0.2) is 0 Å². The van der Waals surface area contributed by atoms with Crippen molar-refractivity contribution in [1.82, 2.24) is 5.32 Å². The van der Waals surface area contributed by atoms with Crippen molar-refractivity contribution in [2.75, 3.05) is 13.7 Å². The second kappa shape index (κ2) is 7.88. The summed E-state index contributed by atoms with van der Waals surface area (Å²) in [6.07, 6.45) is 5.32. The quantitative estimate of drug-likeness (QED) is 0.813. The van der Waals surface area contributed by atoms with Crippen LogP contribution in [-0.4, -0.2) is 19.6 Å². The van der Waals surface area contributed by atoms with E-state index in [0.717, 1.165) is 18.4 Å². The number of ether oxygens (including phenoxy) is 2. The normalized spacial score (nSPS) is 15.8. The molecule has 2 aromatic rings. The number of amides is 1. The average Bonchev–Trinajstić information content (AvgIpc) is 3.04. The maximum atomic E-state index is 12.3. The first-order valence-electron chi connectivity index (χ1n) is 8.58. The van der Waals surface area contributed by atoms with E-state index in [4.69, 9.17) is 9.47 Å². The first-order chi connectivity index (χ1) is 12.2. The molecule has 25 heavy (non-hydrogen) atoms. The van der Waals surface area contributed by atoms with Gasteiger partial charge >= 0.3 is 0 Å². The van der Waals surface area contributed by atoms with Gasteiger partial charge in [-0.15, -0.1) is 0 Å². The van der Waals surface area contributed by atoms with E-state index in [1.807, 2.05) is 37.3 Å². The fourth-order valence-corrected chi connectivity index (χ4v) is 3.16. The number of hydrogen-bond acceptors (Lipinski definition) is 3. The van der Waals surface area contributed by atoms with Crippen LogP contribution in [0.5, 0.6) is 11.5 Å². The second-order valence-electron chi connectivity index (χ2n) is 5.98. The number of benzene rings is 2. The Hall–Kier alpha value is -2.75. The molecule has 0 radical (unpaired) electrons. The summed E-state index contributed by atoms with van der Waals surface area (Å²) in [5, 5.41) is 3.08. The zero-order valence-electron chi connectivity index (χ0n) is 14.6. The Morgan fingerprint density at radius 2 is 2.08 bits per heavy atom. The van der Waals surface area contributed by atoms with E-state index in [0.29, 0.717) is 18.1 Å². The van der Waals surface area contributed by atoms with E-state index in [1.165, 1.54) is 11.1 Å². The number of nitrogens with one attached hydrogen (secondary N) is 1. The van der Waals surface area contributed by atoms with Gasteiger partial charge in [0.2, 0.25) is 5.91 Å². The monoisotopic (exact) mass is 337 g/mol. The van der Waals surface area contributed by atoms with Gasteiger partial charge in [0.1, 0.15) is 0 Å². The van der Waals surface area contributed by atoms with Crippen LogP contribution in [0.2, 0.25) is 0 Å². The fraction of sp³-hybridized carbons (Fsp3) is 0.286. The van der Waals surface area contributed by atoms with Crippen LogP contribution in [0.4, 0.5) is 0 Å². The van der Waals surface area contributed by atoms with Crippen LogP contribution in [-0.2, 0) is 11.2 Å². The van der Waals surface area contributed by atoms with E-state index in [1.54, 1.807) is 19.3 Å². The Kier molecular flexibility index (Phi) is 5.39. The lowest BCUT2D eigenvalue weighted by molar-refractivity contribution is -0.117. The van der Waals surface area contributed by atoms with Gasteiger partial charge in [-0.05, 0) is 54.7 Å². The van der Waals surface area contributed by atoms with Crippen molar-refractivity contribution in [1.29, 1.82) is 0 Å². The number of carbonyl (C=O) groups is 1. The third kappa shape index (κ3) is 4.02. The Bertz CT molecular complexity index is 782. The third-order valence-electron chi connectivity index (χ3n) is 4.36. The molecule has 0 aromatic heterocycles. The minimum absolute atomic E-state index is 0.0884. The summed E-state index contributed by atoms with van der Waals surface area (Å²) in [5.74, 6) is 1.28. The smallest absolute Gasteiger partial charge is 0.244 e. The van der Waals surface area contributed by atoms with Crippen LogP contribution in [0.1, 0.15) is 36.1 Å². The molecular formula is C21H23NO3. The number of methoxy groups -OCH3 is 1. The largest absolute Gasteiger partial charge is 0.493 e. The van der Waals surface area contributed by atoms with Gasteiger partial charge in [-0.1, -0.05) is 30.3 Å². The lowest BCUT2D eigenvalue weighted by atomic mass is 10.1. The predicted octanol–water partition coefficient (Wildman–Crippen LogP) is 3.91. The Balaban J connectivity index is 1.65. The summed E-state index contributed by atoms with van der Waals surface area (Å²) in [7, 11) is 1.61. The molecule has 4 heteroatoms. The van der Waals surface area contributed by atoms with Gasteiger partial charge in [0.05, 0.1) is 19.8 Å². The van der Waals surface area contributed by atoms with Crippen LogP contribution in [0.15, 0.2) is 48.5 Å². The first-order valence-corrected chi connectivity index (χ1v) is 8.58. The molecule has 3 rings (SSSR count). The van der Waals surface area contributed by atoms with E-state index < -0.39 is 0 Å². The van der Waals surface area contributed by atoms with Gasteiger partial charge in [0.15, 0.2) is 11.5 Å². The van der Waals surface area contributed by atoms with Crippen molar-refractivity contribution < 1.29 is 14.3 Å². The molecule has 0 saturated carbocycles. The van der Waals surface area contributed by atoms with E-state index >= 15 is 0 Å². The lowest BCUT2D eigenvalue weighted by Gasteiger charge is -2.12. The zero-order valence-corrected chi connectivity index (χ0v) is 14.6. The molecule has 0 bridgehead atoms. The molecule has 1 aliphatic carbocycles. The van der Waals surface area contributed by atoms with Crippen LogP contribution >= 0.6 is 0 Å². The lowest BCUT2D eigenvalue weighted by Crippen LogP contribution is -2.25. The standard InChI is InChI=1S/C21H23NO3/c1-3-25-19-12-8-15(14-20(19)24-2)9-13-21(23)22-18-11-10-16-6-4-5-7-17(16)18/h4-9,12-14,18H,3,10-11H2,1-2H3,(H,22,23)/b13-9+. The molecule has 4 nitrogen and oxygen atoms in total. The summed E-state index contributed by atoms with van der Waals surface area (Å²) in [4.78, 5) is 12.3. The molecule has 1 aliphatic rings. The van der Waals surface area contributed by atoms with Crippen molar-refractivity contribution in [2.24, 2.45) is 0 Å². The Morgan fingerprint density at radius 3 is 2.88 bits per heavy atom. The highest BCUT2D eigenvalue weighted by Crippen LogP contribution is 2.31. The SMILES string of the molecule is CCOc1ccc(/C=C/C(=O)NC2CCc3ccccc32)cc1OC.